The van der Waals surface area contributed by atoms with E-state index in [4.69, 9.17) is 0 Å². The average molecular weight is 316 g/mol. The van der Waals surface area contributed by atoms with Crippen molar-refractivity contribution in [2.75, 3.05) is 0 Å². The second-order valence-corrected chi connectivity index (χ2v) is 5.70. The van der Waals surface area contributed by atoms with Crippen LogP contribution in [0.3, 0.4) is 0 Å². The molecule has 1 atom stereocenters. The summed E-state index contributed by atoms with van der Waals surface area (Å²) in [6.07, 6.45) is 6.82. The zero-order chi connectivity index (χ0) is 17.2. The van der Waals surface area contributed by atoms with Crippen molar-refractivity contribution in [3.63, 3.8) is 0 Å². The highest BCUT2D eigenvalue weighted by Crippen LogP contribution is 2.21. The highest BCUT2D eigenvalue weighted by atomic mass is 15.0. The summed E-state index contributed by atoms with van der Waals surface area (Å²) in [6, 6.07) is 21.5. The van der Waals surface area contributed by atoms with Gasteiger partial charge in [-0.2, -0.15) is 0 Å². The summed E-state index contributed by atoms with van der Waals surface area (Å²) in [7, 11) is 2.08. The van der Waals surface area contributed by atoms with E-state index in [2.05, 4.69) is 85.8 Å². The van der Waals surface area contributed by atoms with Gasteiger partial charge in [-0.1, -0.05) is 67.6 Å². The summed E-state index contributed by atoms with van der Waals surface area (Å²) in [5.74, 6) is 2.16. The fraction of sp³-hybridized carbons (Fsp3) is 0.190. The van der Waals surface area contributed by atoms with E-state index in [1.165, 1.54) is 16.7 Å². The third kappa shape index (κ3) is 4.99. The van der Waals surface area contributed by atoms with Crippen LogP contribution in [0.5, 0.6) is 0 Å². The molecule has 24 heavy (non-hydrogen) atoms. The van der Waals surface area contributed by atoms with Crippen molar-refractivity contribution in [1.82, 2.24) is 9.55 Å². The number of hydrogen-bond acceptors (Lipinski definition) is 1. The van der Waals surface area contributed by atoms with Gasteiger partial charge in [-0.15, -0.1) is 5.98 Å². The summed E-state index contributed by atoms with van der Waals surface area (Å²) >= 11 is 0. The molecule has 2 nitrogen and oxygen atoms in total. The van der Waals surface area contributed by atoms with Crippen LogP contribution >= 0.6 is 0 Å². The van der Waals surface area contributed by atoms with Gasteiger partial charge in [0.15, 0.2) is 0 Å². The summed E-state index contributed by atoms with van der Waals surface area (Å²) in [6.45, 7) is 4.35. The molecule has 3 heteroatoms. The molecule has 3 aromatic rings. The van der Waals surface area contributed by atoms with Crippen molar-refractivity contribution in [3.05, 3.63) is 96.5 Å². The van der Waals surface area contributed by atoms with E-state index >= 15 is 0 Å². The zero-order valence-electron chi connectivity index (χ0n) is 14.8. The van der Waals surface area contributed by atoms with E-state index < -0.39 is 0 Å². The summed E-state index contributed by atoms with van der Waals surface area (Å²) in [5.41, 5.74) is 3.83. The Labute approximate surface area is 146 Å². The second-order valence-electron chi connectivity index (χ2n) is 5.70. The fourth-order valence-corrected chi connectivity index (χ4v) is 2.48. The number of hydrogen-bond donors (Lipinski definition) is 0. The van der Waals surface area contributed by atoms with Crippen LogP contribution in [0.2, 0.25) is 0 Å². The fourth-order valence-electron chi connectivity index (χ4n) is 2.48. The van der Waals surface area contributed by atoms with Gasteiger partial charge >= 0.3 is 0 Å². The van der Waals surface area contributed by atoms with Gasteiger partial charge in [-0.05, 0) is 30.0 Å². The molecule has 0 radical (unpaired) electrons. The van der Waals surface area contributed by atoms with Crippen LogP contribution in [0.15, 0.2) is 85.4 Å². The first-order valence-corrected chi connectivity index (χ1v) is 8.50. The lowest BCUT2D eigenvalue weighted by molar-refractivity contribution is 0.530. The lowest BCUT2D eigenvalue weighted by Gasteiger charge is -2.07. The Morgan fingerprint density at radius 3 is 1.96 bits per heavy atom. The van der Waals surface area contributed by atoms with E-state index in [9.17, 15) is 0 Å². The first-order valence-electron chi connectivity index (χ1n) is 8.50. The first kappa shape index (κ1) is 17.8. The van der Waals surface area contributed by atoms with Crippen molar-refractivity contribution in [2.45, 2.75) is 26.3 Å². The molecule has 0 saturated heterocycles. The minimum atomic E-state index is 0.590. The van der Waals surface area contributed by atoms with Crippen molar-refractivity contribution >= 4 is 13.4 Å². The standard InChI is InChI=1S/C14H13B.C7H12N2/c15-11-14(12-7-3-1-4-8-12)13-9-5-2-6-10-13;1-3-7(2)9-5-4-8-6-9/h1-11H,15H2;4-7H,3H2,1-2H3. The SMILES string of the molecule is BC=C(c1ccccc1)c1ccccc1.CCC(C)n1ccnc1. The van der Waals surface area contributed by atoms with Gasteiger partial charge in [0.25, 0.3) is 0 Å². The maximum absolute atomic E-state index is 3.95. The number of nitrogens with zero attached hydrogens (tertiary/aromatic N) is 2. The molecule has 122 valence electrons. The van der Waals surface area contributed by atoms with Crippen molar-refractivity contribution in [1.29, 1.82) is 0 Å². The number of rotatable bonds is 4. The van der Waals surface area contributed by atoms with Crippen LogP contribution < -0.4 is 0 Å². The molecule has 0 aliphatic carbocycles. The molecular formula is C21H25BN2. The monoisotopic (exact) mass is 316 g/mol. The predicted molar refractivity (Wildman–Crippen MR) is 106 cm³/mol. The smallest absolute Gasteiger partial charge is 0.130 e. The van der Waals surface area contributed by atoms with Gasteiger partial charge in [0.2, 0.25) is 0 Å². The van der Waals surface area contributed by atoms with Gasteiger partial charge in [-0.3, -0.25) is 0 Å². The quantitative estimate of drug-likeness (QED) is 0.645. The highest BCUT2D eigenvalue weighted by molar-refractivity contribution is 6.21. The third-order valence-corrected chi connectivity index (χ3v) is 4.08. The van der Waals surface area contributed by atoms with E-state index in [-0.39, 0.29) is 0 Å². The average Bonchev–Trinajstić information content (AvgIpc) is 3.19. The lowest BCUT2D eigenvalue weighted by atomic mass is 9.92. The molecule has 1 aromatic heterocycles. The molecule has 0 spiro atoms. The van der Waals surface area contributed by atoms with Gasteiger partial charge in [-0.25, -0.2) is 4.98 Å². The lowest BCUT2D eigenvalue weighted by Crippen LogP contribution is -1.99. The molecule has 0 bridgehead atoms. The molecule has 3 rings (SSSR count). The van der Waals surface area contributed by atoms with E-state index in [1.54, 1.807) is 0 Å². The van der Waals surface area contributed by atoms with Crippen molar-refractivity contribution in [2.24, 2.45) is 0 Å². The Balaban J connectivity index is 0.000000198. The number of imidazole rings is 1. The van der Waals surface area contributed by atoms with Gasteiger partial charge < -0.3 is 4.57 Å². The number of benzene rings is 2. The molecular weight excluding hydrogens is 291 g/mol. The van der Waals surface area contributed by atoms with Crippen molar-refractivity contribution < 1.29 is 0 Å². The normalized spacial score (nSPS) is 11.1. The molecule has 0 fully saturated rings. The largest absolute Gasteiger partial charge is 0.335 e. The Morgan fingerprint density at radius 1 is 1.04 bits per heavy atom. The molecule has 1 unspecified atom stereocenters. The van der Waals surface area contributed by atoms with E-state index in [1.807, 2.05) is 30.9 Å². The Morgan fingerprint density at radius 2 is 1.58 bits per heavy atom. The van der Waals surface area contributed by atoms with Gasteiger partial charge in [0.1, 0.15) is 7.85 Å². The van der Waals surface area contributed by atoms with E-state index in [0.29, 0.717) is 6.04 Å². The van der Waals surface area contributed by atoms with Crippen LogP contribution in [0, 0.1) is 0 Å². The Hall–Kier alpha value is -2.55. The van der Waals surface area contributed by atoms with Crippen LogP contribution in [-0.4, -0.2) is 17.4 Å². The third-order valence-electron chi connectivity index (χ3n) is 4.08. The second kappa shape index (κ2) is 9.56. The molecule has 0 aliphatic heterocycles. The van der Waals surface area contributed by atoms with Crippen LogP contribution in [0.4, 0.5) is 0 Å². The molecule has 0 aliphatic rings. The molecule has 1 heterocycles. The maximum atomic E-state index is 3.95. The van der Waals surface area contributed by atoms with E-state index in [0.717, 1.165) is 6.42 Å². The van der Waals surface area contributed by atoms with Crippen LogP contribution in [0.25, 0.3) is 5.57 Å². The summed E-state index contributed by atoms with van der Waals surface area (Å²) in [4.78, 5) is 3.95. The summed E-state index contributed by atoms with van der Waals surface area (Å²) < 4.78 is 2.11. The van der Waals surface area contributed by atoms with Gasteiger partial charge in [0.05, 0.1) is 6.33 Å². The van der Waals surface area contributed by atoms with Gasteiger partial charge in [0, 0.05) is 18.4 Å². The molecule has 0 N–H and O–H groups in total. The first-order chi connectivity index (χ1) is 11.8. The maximum Gasteiger partial charge on any atom is 0.130 e. The Bertz CT molecular complexity index is 678. The van der Waals surface area contributed by atoms with Crippen LogP contribution in [0.1, 0.15) is 37.4 Å². The molecule has 2 aromatic carbocycles. The topological polar surface area (TPSA) is 17.8 Å². The predicted octanol–water partition coefficient (Wildman–Crippen LogP) is 4.56. The minimum absolute atomic E-state index is 0.590. The molecule has 0 amide bonds. The number of aromatic nitrogens is 2. The zero-order valence-corrected chi connectivity index (χ0v) is 14.8. The Kier molecular flexibility index (Phi) is 7.09. The van der Waals surface area contributed by atoms with Crippen molar-refractivity contribution in [3.8, 4) is 0 Å². The molecule has 0 saturated carbocycles. The highest BCUT2D eigenvalue weighted by Gasteiger charge is 2.01. The minimum Gasteiger partial charge on any atom is -0.335 e. The van der Waals surface area contributed by atoms with Crippen LogP contribution in [-0.2, 0) is 0 Å². The summed E-state index contributed by atoms with van der Waals surface area (Å²) in [5, 5.41) is 0.